The van der Waals surface area contributed by atoms with Gasteiger partial charge in [-0.1, -0.05) is 28.9 Å². The van der Waals surface area contributed by atoms with E-state index in [1.165, 1.54) is 28.6 Å². The van der Waals surface area contributed by atoms with Crippen molar-refractivity contribution in [3.8, 4) is 5.75 Å². The van der Waals surface area contributed by atoms with E-state index < -0.39 is 16.6 Å². The molecule has 180 valence electrons. The largest absolute Gasteiger partial charge is 0.435 e. The van der Waals surface area contributed by atoms with Crippen LogP contribution >= 0.6 is 11.6 Å². The molecule has 1 aliphatic heterocycles. The maximum atomic E-state index is 12.9. The van der Waals surface area contributed by atoms with Crippen molar-refractivity contribution in [1.82, 2.24) is 14.4 Å². The molecule has 12 heteroatoms. The number of benzene rings is 2. The Labute approximate surface area is 200 Å². The Morgan fingerprint density at radius 3 is 2.24 bits per heavy atom. The van der Waals surface area contributed by atoms with E-state index in [1.54, 1.807) is 0 Å². The van der Waals surface area contributed by atoms with Gasteiger partial charge >= 0.3 is 12.6 Å². The van der Waals surface area contributed by atoms with Crippen LogP contribution in [0.1, 0.15) is 24.2 Å². The zero-order valence-electron chi connectivity index (χ0n) is 17.9. The van der Waals surface area contributed by atoms with Crippen LogP contribution in [0.15, 0.2) is 57.9 Å². The number of hydrogen-bond acceptors (Lipinski definition) is 7. The average Bonchev–Trinajstić information content (AvgIpc) is 3.48. The minimum Gasteiger partial charge on any atom is -0.435 e. The number of nitrogens with zero attached hydrogens (tertiary/aromatic N) is 4. The van der Waals surface area contributed by atoms with E-state index in [1.807, 2.05) is 29.2 Å². The van der Waals surface area contributed by atoms with Gasteiger partial charge in [0.25, 0.3) is 0 Å². The standard InChI is InChI=1S/C22H21ClF2N4O4S/c23-16-3-1-15(2-4-16)22(9-10-22)19-26-21(33-27-19)28-11-13-29(14-12-28)34(30,31)18-7-5-17(6-8-18)32-20(24)25/h1-8,20H,9-14H2. The van der Waals surface area contributed by atoms with Gasteiger partial charge in [0.1, 0.15) is 5.75 Å². The highest BCUT2D eigenvalue weighted by Crippen LogP contribution is 2.52. The SMILES string of the molecule is O=S(=O)(c1ccc(OC(F)F)cc1)N1CCN(c2nc(C3(c4ccc(Cl)cc4)CC3)no2)CC1. The van der Waals surface area contributed by atoms with Crippen molar-refractivity contribution < 1.29 is 26.5 Å². The summed E-state index contributed by atoms with van der Waals surface area (Å²) in [4.78, 5) is 6.49. The maximum absolute atomic E-state index is 12.9. The van der Waals surface area contributed by atoms with Gasteiger partial charge in [-0.15, -0.1) is 0 Å². The molecule has 0 spiro atoms. The first-order chi connectivity index (χ1) is 16.3. The first kappa shape index (κ1) is 23.0. The first-order valence-electron chi connectivity index (χ1n) is 10.7. The van der Waals surface area contributed by atoms with Crippen LogP contribution in [-0.4, -0.2) is 55.7 Å². The Morgan fingerprint density at radius 2 is 1.65 bits per heavy atom. The third kappa shape index (κ3) is 4.35. The molecular weight excluding hydrogens is 490 g/mol. The van der Waals surface area contributed by atoms with Crippen LogP contribution in [0, 0.1) is 0 Å². The highest BCUT2D eigenvalue weighted by atomic mass is 35.5. The van der Waals surface area contributed by atoms with Gasteiger partial charge in [0.15, 0.2) is 5.82 Å². The van der Waals surface area contributed by atoms with Gasteiger partial charge in [-0.2, -0.15) is 18.1 Å². The van der Waals surface area contributed by atoms with E-state index in [4.69, 9.17) is 16.1 Å². The Morgan fingerprint density at radius 1 is 1.00 bits per heavy atom. The molecule has 2 aliphatic rings. The summed E-state index contributed by atoms with van der Waals surface area (Å²) in [6.45, 7) is -1.78. The van der Waals surface area contributed by atoms with Crippen molar-refractivity contribution in [2.75, 3.05) is 31.1 Å². The molecule has 0 bridgehead atoms. The van der Waals surface area contributed by atoms with Gasteiger partial charge in [0.2, 0.25) is 10.0 Å². The molecule has 1 aliphatic carbocycles. The molecule has 0 N–H and O–H groups in total. The summed E-state index contributed by atoms with van der Waals surface area (Å²) in [7, 11) is -3.77. The van der Waals surface area contributed by atoms with Gasteiger partial charge in [-0.25, -0.2) is 8.42 Å². The normalized spacial score (nSPS) is 18.3. The molecule has 0 atom stereocenters. The topological polar surface area (TPSA) is 88.8 Å². The average molecular weight is 511 g/mol. The molecule has 8 nitrogen and oxygen atoms in total. The van der Waals surface area contributed by atoms with E-state index in [0.717, 1.165) is 18.4 Å². The summed E-state index contributed by atoms with van der Waals surface area (Å²) in [6.07, 6.45) is 1.83. The number of piperazine rings is 1. The summed E-state index contributed by atoms with van der Waals surface area (Å²) >= 11 is 6.01. The maximum Gasteiger partial charge on any atom is 0.387 e. The predicted molar refractivity (Wildman–Crippen MR) is 120 cm³/mol. The fourth-order valence-corrected chi connectivity index (χ4v) is 5.68. The predicted octanol–water partition coefficient (Wildman–Crippen LogP) is 3.92. The smallest absolute Gasteiger partial charge is 0.387 e. The second kappa shape index (κ2) is 8.79. The zero-order valence-corrected chi connectivity index (χ0v) is 19.5. The Bertz CT molecular complexity index is 1260. The lowest BCUT2D eigenvalue weighted by molar-refractivity contribution is -0.0498. The molecule has 34 heavy (non-hydrogen) atoms. The fraction of sp³-hybridized carbons (Fsp3) is 0.364. The summed E-state index contributed by atoms with van der Waals surface area (Å²) in [5, 5.41) is 4.88. The molecule has 1 saturated heterocycles. The fourth-order valence-electron chi connectivity index (χ4n) is 4.14. The van der Waals surface area contributed by atoms with Crippen LogP contribution < -0.4 is 9.64 Å². The number of sulfonamides is 1. The zero-order chi connectivity index (χ0) is 23.9. The molecule has 1 aromatic heterocycles. The number of aromatic nitrogens is 2. The summed E-state index contributed by atoms with van der Waals surface area (Å²) in [5.74, 6) is 0.518. The third-order valence-electron chi connectivity index (χ3n) is 6.19. The van der Waals surface area contributed by atoms with Gasteiger partial charge in [-0.05, 0) is 54.8 Å². The van der Waals surface area contributed by atoms with E-state index in [9.17, 15) is 17.2 Å². The molecule has 1 saturated carbocycles. The Balaban J connectivity index is 1.24. The summed E-state index contributed by atoms with van der Waals surface area (Å²) in [6, 6.07) is 12.9. The summed E-state index contributed by atoms with van der Waals surface area (Å²) in [5.41, 5.74) is 0.822. The second-order valence-corrected chi connectivity index (χ2v) is 10.6. The van der Waals surface area contributed by atoms with Crippen LogP contribution in [0.4, 0.5) is 14.8 Å². The molecule has 5 rings (SSSR count). The van der Waals surface area contributed by atoms with Crippen LogP contribution in [-0.2, 0) is 15.4 Å². The highest BCUT2D eigenvalue weighted by molar-refractivity contribution is 7.89. The molecule has 3 aromatic rings. The lowest BCUT2D eigenvalue weighted by atomic mass is 9.95. The van der Waals surface area contributed by atoms with Crippen LogP contribution in [0.25, 0.3) is 0 Å². The highest BCUT2D eigenvalue weighted by Gasteiger charge is 2.50. The number of anilines is 1. The number of halogens is 3. The van der Waals surface area contributed by atoms with E-state index in [-0.39, 0.29) is 29.1 Å². The van der Waals surface area contributed by atoms with Gasteiger partial charge in [0, 0.05) is 31.2 Å². The van der Waals surface area contributed by atoms with E-state index >= 15 is 0 Å². The van der Waals surface area contributed by atoms with Crippen molar-refractivity contribution >= 4 is 27.6 Å². The van der Waals surface area contributed by atoms with Crippen molar-refractivity contribution in [3.05, 3.63) is 64.9 Å². The lowest BCUT2D eigenvalue weighted by Crippen LogP contribution is -2.48. The Kier molecular flexibility index (Phi) is 5.95. The van der Waals surface area contributed by atoms with Gasteiger partial charge < -0.3 is 14.2 Å². The number of ether oxygens (including phenoxy) is 1. The minimum atomic E-state index is -3.77. The molecule has 0 unspecified atom stereocenters. The van der Waals surface area contributed by atoms with Crippen molar-refractivity contribution in [2.45, 2.75) is 29.8 Å². The van der Waals surface area contributed by atoms with Crippen molar-refractivity contribution in [3.63, 3.8) is 0 Å². The molecule has 2 fully saturated rings. The second-order valence-electron chi connectivity index (χ2n) is 8.23. The monoisotopic (exact) mass is 510 g/mol. The minimum absolute atomic E-state index is 0.0151. The Hall–Kier alpha value is -2.76. The van der Waals surface area contributed by atoms with Crippen LogP contribution in [0.2, 0.25) is 5.02 Å². The number of rotatable bonds is 7. The quantitative estimate of drug-likeness (QED) is 0.476. The molecule has 2 heterocycles. The molecule has 2 aromatic carbocycles. The van der Waals surface area contributed by atoms with Gasteiger partial charge in [0.05, 0.1) is 10.3 Å². The molecule has 0 amide bonds. The molecule has 0 radical (unpaired) electrons. The van der Waals surface area contributed by atoms with Crippen LogP contribution in [0.5, 0.6) is 5.75 Å². The first-order valence-corrected chi connectivity index (χ1v) is 12.5. The van der Waals surface area contributed by atoms with E-state index in [0.29, 0.717) is 30.0 Å². The number of hydrogen-bond donors (Lipinski definition) is 0. The lowest BCUT2D eigenvalue weighted by Gasteiger charge is -2.32. The number of alkyl halides is 2. The van der Waals surface area contributed by atoms with Crippen LogP contribution in [0.3, 0.4) is 0 Å². The van der Waals surface area contributed by atoms with E-state index in [2.05, 4.69) is 14.9 Å². The van der Waals surface area contributed by atoms with Gasteiger partial charge in [-0.3, -0.25) is 0 Å². The summed E-state index contributed by atoms with van der Waals surface area (Å²) < 4.78 is 61.7. The third-order valence-corrected chi connectivity index (χ3v) is 8.35. The molecular formula is C22H21ClF2N4O4S. The van der Waals surface area contributed by atoms with Crippen molar-refractivity contribution in [1.29, 1.82) is 0 Å². The van der Waals surface area contributed by atoms with Crippen molar-refractivity contribution in [2.24, 2.45) is 0 Å².